The highest BCUT2D eigenvalue weighted by molar-refractivity contribution is 6.31. The van der Waals surface area contributed by atoms with Crippen molar-refractivity contribution in [1.29, 1.82) is 0 Å². The van der Waals surface area contributed by atoms with Crippen molar-refractivity contribution in [2.45, 2.75) is 6.92 Å². The molecule has 1 aromatic heterocycles. The van der Waals surface area contributed by atoms with Crippen LogP contribution in [0.15, 0.2) is 36.5 Å². The van der Waals surface area contributed by atoms with Crippen LogP contribution in [0.4, 0.5) is 5.82 Å². The Labute approximate surface area is 128 Å². The average molecular weight is 300 g/mol. The van der Waals surface area contributed by atoms with Gasteiger partial charge in [0.1, 0.15) is 5.82 Å². The lowest BCUT2D eigenvalue weighted by Gasteiger charge is -2.06. The summed E-state index contributed by atoms with van der Waals surface area (Å²) in [6.07, 6.45) is 1.58. The number of nitrogens with zero attached hydrogens (tertiary/aromatic N) is 1. The fourth-order valence-electron chi connectivity index (χ4n) is 1.79. The van der Waals surface area contributed by atoms with Gasteiger partial charge in [-0.1, -0.05) is 23.4 Å². The van der Waals surface area contributed by atoms with Crippen molar-refractivity contribution in [2.24, 2.45) is 5.73 Å². The number of aryl methyl sites for hydroxylation is 1. The van der Waals surface area contributed by atoms with Crippen molar-refractivity contribution >= 4 is 23.3 Å². The number of nitrogens with one attached hydrogen (secondary N) is 1. The Hall–Kier alpha value is -2.35. The highest BCUT2D eigenvalue weighted by atomic mass is 35.5. The predicted octanol–water partition coefficient (Wildman–Crippen LogP) is 2.61. The largest absolute Gasteiger partial charge is 0.320 e. The molecule has 0 saturated carbocycles. The Morgan fingerprint density at radius 1 is 1.38 bits per heavy atom. The summed E-state index contributed by atoms with van der Waals surface area (Å²) in [5.74, 6) is 5.81. The van der Waals surface area contributed by atoms with E-state index >= 15 is 0 Å². The van der Waals surface area contributed by atoms with E-state index in [1.807, 2.05) is 6.92 Å². The fraction of sp³-hybridized carbons (Fsp3) is 0.125. The summed E-state index contributed by atoms with van der Waals surface area (Å²) in [4.78, 5) is 16.3. The summed E-state index contributed by atoms with van der Waals surface area (Å²) >= 11 is 5.95. The number of nitrogens with two attached hydrogens (primary N) is 1. The number of halogens is 1. The van der Waals surface area contributed by atoms with Gasteiger partial charge in [-0.2, -0.15) is 0 Å². The van der Waals surface area contributed by atoms with Crippen molar-refractivity contribution in [3.63, 3.8) is 0 Å². The molecule has 1 amide bonds. The zero-order valence-electron chi connectivity index (χ0n) is 11.5. The number of carbonyl (C=O) groups excluding carboxylic acids is 1. The van der Waals surface area contributed by atoms with Gasteiger partial charge in [-0.15, -0.1) is 0 Å². The second-order valence-electron chi connectivity index (χ2n) is 4.41. The molecular formula is C16H14ClN3O. The summed E-state index contributed by atoms with van der Waals surface area (Å²) < 4.78 is 0. The normalized spacial score (nSPS) is 9.67. The number of pyridine rings is 1. The molecule has 0 radical (unpaired) electrons. The molecule has 0 aliphatic rings. The minimum Gasteiger partial charge on any atom is -0.320 e. The van der Waals surface area contributed by atoms with Gasteiger partial charge in [-0.05, 0) is 42.8 Å². The molecule has 0 saturated heterocycles. The fourth-order valence-corrected chi connectivity index (χ4v) is 2.08. The summed E-state index contributed by atoms with van der Waals surface area (Å²) in [5.41, 5.74) is 7.48. The van der Waals surface area contributed by atoms with Gasteiger partial charge in [-0.25, -0.2) is 4.98 Å². The van der Waals surface area contributed by atoms with Gasteiger partial charge < -0.3 is 11.1 Å². The Morgan fingerprint density at radius 2 is 2.19 bits per heavy atom. The summed E-state index contributed by atoms with van der Waals surface area (Å²) in [5, 5.41) is 3.25. The first-order valence-corrected chi connectivity index (χ1v) is 6.70. The number of anilines is 1. The molecule has 0 aliphatic heterocycles. The van der Waals surface area contributed by atoms with Gasteiger partial charge in [-0.3, -0.25) is 4.79 Å². The van der Waals surface area contributed by atoms with Crippen LogP contribution in [0.5, 0.6) is 0 Å². The van der Waals surface area contributed by atoms with E-state index < -0.39 is 0 Å². The van der Waals surface area contributed by atoms with Crippen LogP contribution in [0, 0.1) is 18.8 Å². The molecule has 1 heterocycles. The molecule has 3 N–H and O–H groups in total. The number of hydrogen-bond donors (Lipinski definition) is 2. The van der Waals surface area contributed by atoms with Crippen molar-refractivity contribution < 1.29 is 4.79 Å². The molecule has 0 atom stereocenters. The standard InChI is InChI=1S/C16H14ClN3O/c1-11-7-13(10-14(17)8-11)16(21)20-15-9-12(3-2-5-18)4-6-19-15/h4,6-10H,5,18H2,1H3,(H,19,20,21). The van der Waals surface area contributed by atoms with Crippen LogP contribution in [-0.2, 0) is 0 Å². The van der Waals surface area contributed by atoms with Crippen LogP contribution < -0.4 is 11.1 Å². The quantitative estimate of drug-likeness (QED) is 0.838. The van der Waals surface area contributed by atoms with Crippen molar-refractivity contribution in [3.05, 3.63) is 58.2 Å². The molecule has 0 bridgehead atoms. The van der Waals surface area contributed by atoms with Gasteiger partial charge in [0.25, 0.3) is 5.91 Å². The second-order valence-corrected chi connectivity index (χ2v) is 4.84. The topological polar surface area (TPSA) is 68.0 Å². The monoisotopic (exact) mass is 299 g/mol. The minimum atomic E-state index is -0.267. The van der Waals surface area contributed by atoms with E-state index in [1.165, 1.54) is 0 Å². The zero-order chi connectivity index (χ0) is 15.2. The maximum atomic E-state index is 12.2. The molecule has 0 aliphatic carbocycles. The lowest BCUT2D eigenvalue weighted by Crippen LogP contribution is -2.13. The van der Waals surface area contributed by atoms with E-state index in [1.54, 1.807) is 36.5 Å². The van der Waals surface area contributed by atoms with Crippen LogP contribution in [0.3, 0.4) is 0 Å². The highest BCUT2D eigenvalue weighted by Crippen LogP contribution is 2.16. The van der Waals surface area contributed by atoms with E-state index in [-0.39, 0.29) is 12.5 Å². The predicted molar refractivity (Wildman–Crippen MR) is 84.3 cm³/mol. The van der Waals surface area contributed by atoms with Gasteiger partial charge in [0.2, 0.25) is 0 Å². The van der Waals surface area contributed by atoms with Crippen LogP contribution in [-0.4, -0.2) is 17.4 Å². The van der Waals surface area contributed by atoms with Crippen molar-refractivity contribution in [3.8, 4) is 11.8 Å². The van der Waals surface area contributed by atoms with E-state index in [2.05, 4.69) is 22.1 Å². The second kappa shape index (κ2) is 6.89. The van der Waals surface area contributed by atoms with Gasteiger partial charge in [0, 0.05) is 22.3 Å². The summed E-state index contributed by atoms with van der Waals surface area (Å²) in [6, 6.07) is 8.61. The Morgan fingerprint density at radius 3 is 2.90 bits per heavy atom. The molecule has 2 aromatic rings. The Balaban J connectivity index is 2.19. The maximum Gasteiger partial charge on any atom is 0.256 e. The Bertz CT molecular complexity index is 712. The van der Waals surface area contributed by atoms with E-state index in [9.17, 15) is 4.79 Å². The first kappa shape index (κ1) is 15.0. The van der Waals surface area contributed by atoms with Gasteiger partial charge in [0.15, 0.2) is 0 Å². The number of amides is 1. The van der Waals surface area contributed by atoms with Crippen LogP contribution >= 0.6 is 11.6 Å². The molecule has 0 fully saturated rings. The molecule has 21 heavy (non-hydrogen) atoms. The van der Waals surface area contributed by atoms with Crippen LogP contribution in [0.25, 0.3) is 0 Å². The first-order chi connectivity index (χ1) is 10.1. The SMILES string of the molecule is Cc1cc(Cl)cc(C(=O)Nc2cc(C#CCN)ccn2)c1. The minimum absolute atomic E-state index is 0.267. The van der Waals surface area contributed by atoms with Crippen molar-refractivity contribution in [2.75, 3.05) is 11.9 Å². The van der Waals surface area contributed by atoms with E-state index in [0.717, 1.165) is 11.1 Å². The number of carbonyl (C=O) groups is 1. The molecule has 5 heteroatoms. The van der Waals surface area contributed by atoms with E-state index in [4.69, 9.17) is 17.3 Å². The molecule has 1 aromatic carbocycles. The molecule has 2 rings (SSSR count). The lowest BCUT2D eigenvalue weighted by molar-refractivity contribution is 0.102. The molecule has 0 spiro atoms. The number of benzene rings is 1. The Kier molecular flexibility index (Phi) is 4.94. The van der Waals surface area contributed by atoms with Crippen LogP contribution in [0.1, 0.15) is 21.5 Å². The highest BCUT2D eigenvalue weighted by Gasteiger charge is 2.08. The molecular weight excluding hydrogens is 286 g/mol. The first-order valence-electron chi connectivity index (χ1n) is 6.32. The van der Waals surface area contributed by atoms with Crippen molar-refractivity contribution in [1.82, 2.24) is 4.98 Å². The zero-order valence-corrected chi connectivity index (χ0v) is 12.2. The lowest BCUT2D eigenvalue weighted by atomic mass is 10.1. The summed E-state index contributed by atoms with van der Waals surface area (Å²) in [7, 11) is 0. The van der Waals surface area contributed by atoms with Gasteiger partial charge in [0.05, 0.1) is 6.54 Å². The third kappa shape index (κ3) is 4.32. The average Bonchev–Trinajstić information content (AvgIpc) is 2.44. The molecule has 0 unspecified atom stereocenters. The third-order valence-electron chi connectivity index (χ3n) is 2.64. The summed E-state index contributed by atoms with van der Waals surface area (Å²) in [6.45, 7) is 2.16. The van der Waals surface area contributed by atoms with E-state index in [0.29, 0.717) is 16.4 Å². The smallest absolute Gasteiger partial charge is 0.256 e. The number of hydrogen-bond acceptors (Lipinski definition) is 3. The van der Waals surface area contributed by atoms with Crippen LogP contribution in [0.2, 0.25) is 5.02 Å². The van der Waals surface area contributed by atoms with Gasteiger partial charge >= 0.3 is 0 Å². The maximum absolute atomic E-state index is 12.2. The third-order valence-corrected chi connectivity index (χ3v) is 2.86. The number of rotatable bonds is 2. The molecule has 4 nitrogen and oxygen atoms in total. The number of aromatic nitrogens is 1. The molecule has 106 valence electrons.